The minimum absolute atomic E-state index is 0.420. The Morgan fingerprint density at radius 1 is 1.07 bits per heavy atom. The van der Waals surface area contributed by atoms with Crippen molar-refractivity contribution in [3.8, 4) is 11.5 Å². The van der Waals surface area contributed by atoms with E-state index < -0.39 is 5.97 Å². The average molecular weight is 385 g/mol. The molecule has 7 heteroatoms. The molecule has 0 saturated carbocycles. The van der Waals surface area contributed by atoms with Gasteiger partial charge in [-0.3, -0.25) is 5.43 Å². The molecule has 0 amide bonds. The topological polar surface area (TPSA) is 72.0 Å². The summed E-state index contributed by atoms with van der Waals surface area (Å²) in [5.74, 6) is 0.773. The van der Waals surface area contributed by atoms with Crippen LogP contribution in [0.2, 0.25) is 0 Å². The molecule has 2 aromatic carbocycles. The lowest BCUT2D eigenvalue weighted by Gasteiger charge is -2.07. The first-order chi connectivity index (χ1) is 13.1. The summed E-state index contributed by atoms with van der Waals surface area (Å²) in [5.41, 5.74) is 4.02. The fourth-order valence-corrected chi connectivity index (χ4v) is 2.26. The molecule has 2 rings (SSSR count). The molecule has 0 atom stereocenters. The number of carbonyl (C=O) groups is 1. The Kier molecular flexibility index (Phi) is 8.25. The van der Waals surface area contributed by atoms with Crippen LogP contribution in [0, 0.1) is 0 Å². The lowest BCUT2D eigenvalue weighted by atomic mass is 10.2. The number of carbonyl (C=O) groups excluding carboxylic acids is 1. The van der Waals surface area contributed by atoms with Gasteiger partial charge in [0.1, 0.15) is 11.5 Å². The van der Waals surface area contributed by atoms with Crippen LogP contribution in [0.25, 0.3) is 0 Å². The maximum Gasteiger partial charge on any atom is 0.343 e. The zero-order valence-corrected chi connectivity index (χ0v) is 16.2. The van der Waals surface area contributed by atoms with E-state index in [9.17, 15) is 4.79 Å². The second kappa shape index (κ2) is 10.9. The number of nitrogens with one attached hydrogen (secondary N) is 2. The molecular weight excluding hydrogens is 362 g/mol. The number of hydrogen-bond donors (Lipinski definition) is 2. The van der Waals surface area contributed by atoms with Crippen molar-refractivity contribution in [2.45, 2.75) is 20.3 Å². The maximum atomic E-state index is 12.2. The van der Waals surface area contributed by atoms with E-state index >= 15 is 0 Å². The van der Waals surface area contributed by atoms with E-state index in [1.165, 1.54) is 0 Å². The average Bonchev–Trinajstić information content (AvgIpc) is 2.68. The second-order valence-corrected chi connectivity index (χ2v) is 5.97. The molecule has 0 unspecified atom stereocenters. The van der Waals surface area contributed by atoms with Crippen molar-refractivity contribution < 1.29 is 14.3 Å². The first-order valence-corrected chi connectivity index (χ1v) is 9.15. The Morgan fingerprint density at radius 3 is 2.37 bits per heavy atom. The molecule has 2 aromatic rings. The Labute approximate surface area is 164 Å². The molecule has 0 fully saturated rings. The molecule has 2 N–H and O–H groups in total. The third-order valence-corrected chi connectivity index (χ3v) is 3.61. The molecule has 27 heavy (non-hydrogen) atoms. The summed E-state index contributed by atoms with van der Waals surface area (Å²) >= 11 is 5.01. The van der Waals surface area contributed by atoms with Gasteiger partial charge in [-0.2, -0.15) is 5.10 Å². The van der Waals surface area contributed by atoms with Gasteiger partial charge in [-0.25, -0.2) is 4.79 Å². The van der Waals surface area contributed by atoms with E-state index in [1.807, 2.05) is 13.8 Å². The standard InChI is InChI=1S/C20H23N3O3S/c1-3-13-25-17-11-7-16(8-12-17)19(24)26-18-9-5-15(6-10-18)14-22-23-20(27)21-4-2/h5-12,14H,3-4,13H2,1-2H3,(H2,21,23,27)/b22-14+. The van der Waals surface area contributed by atoms with E-state index in [-0.39, 0.29) is 0 Å². The van der Waals surface area contributed by atoms with Gasteiger partial charge in [-0.15, -0.1) is 0 Å². The zero-order valence-electron chi connectivity index (χ0n) is 15.4. The summed E-state index contributed by atoms with van der Waals surface area (Å²) in [6.07, 6.45) is 2.56. The zero-order chi connectivity index (χ0) is 19.5. The van der Waals surface area contributed by atoms with Crippen LogP contribution in [0.1, 0.15) is 36.2 Å². The van der Waals surface area contributed by atoms with E-state index in [0.29, 0.717) is 23.0 Å². The van der Waals surface area contributed by atoms with Gasteiger partial charge < -0.3 is 14.8 Å². The van der Waals surface area contributed by atoms with Gasteiger partial charge in [-0.05, 0) is 79.7 Å². The van der Waals surface area contributed by atoms with E-state index in [1.54, 1.807) is 54.7 Å². The molecule has 0 spiro atoms. The fraction of sp³-hybridized carbons (Fsp3) is 0.250. The van der Waals surface area contributed by atoms with Crippen LogP contribution < -0.4 is 20.2 Å². The third-order valence-electron chi connectivity index (χ3n) is 3.37. The van der Waals surface area contributed by atoms with Gasteiger partial charge >= 0.3 is 5.97 Å². The Morgan fingerprint density at radius 2 is 1.74 bits per heavy atom. The number of benzene rings is 2. The van der Waals surface area contributed by atoms with Crippen molar-refractivity contribution in [2.24, 2.45) is 5.10 Å². The van der Waals surface area contributed by atoms with Crippen molar-refractivity contribution >= 4 is 29.5 Å². The lowest BCUT2D eigenvalue weighted by molar-refractivity contribution is 0.0734. The summed E-state index contributed by atoms with van der Waals surface area (Å²) in [6, 6.07) is 13.9. The van der Waals surface area contributed by atoms with Crippen LogP contribution in [-0.2, 0) is 0 Å². The van der Waals surface area contributed by atoms with E-state index in [0.717, 1.165) is 24.3 Å². The number of thiocarbonyl (C=S) groups is 1. The summed E-state index contributed by atoms with van der Waals surface area (Å²) in [4.78, 5) is 12.2. The van der Waals surface area contributed by atoms with Crippen molar-refractivity contribution in [3.63, 3.8) is 0 Å². The largest absolute Gasteiger partial charge is 0.494 e. The Balaban J connectivity index is 1.89. The monoisotopic (exact) mass is 385 g/mol. The number of nitrogens with zero attached hydrogens (tertiary/aromatic N) is 1. The minimum Gasteiger partial charge on any atom is -0.494 e. The molecule has 0 bridgehead atoms. The number of hydrogen-bond acceptors (Lipinski definition) is 5. The molecule has 6 nitrogen and oxygen atoms in total. The molecule has 0 aliphatic rings. The van der Waals surface area contributed by atoms with Gasteiger partial charge in [-0.1, -0.05) is 6.92 Å². The van der Waals surface area contributed by atoms with Crippen LogP contribution in [0.3, 0.4) is 0 Å². The smallest absolute Gasteiger partial charge is 0.343 e. The van der Waals surface area contributed by atoms with Gasteiger partial charge in [0.2, 0.25) is 0 Å². The van der Waals surface area contributed by atoms with Gasteiger partial charge in [0, 0.05) is 6.54 Å². The predicted molar refractivity (Wildman–Crippen MR) is 111 cm³/mol. The van der Waals surface area contributed by atoms with E-state index in [4.69, 9.17) is 21.7 Å². The van der Waals surface area contributed by atoms with E-state index in [2.05, 4.69) is 15.8 Å². The summed E-state index contributed by atoms with van der Waals surface area (Å²) in [7, 11) is 0. The highest BCUT2D eigenvalue weighted by molar-refractivity contribution is 7.80. The van der Waals surface area contributed by atoms with Crippen LogP contribution >= 0.6 is 12.2 Å². The predicted octanol–water partition coefficient (Wildman–Crippen LogP) is 3.51. The molecular formula is C20H23N3O3S. The number of rotatable bonds is 8. The highest BCUT2D eigenvalue weighted by Gasteiger charge is 2.08. The first kappa shape index (κ1) is 20.4. The quantitative estimate of drug-likeness (QED) is 0.238. The third kappa shape index (κ3) is 7.07. The molecule has 0 aromatic heterocycles. The lowest BCUT2D eigenvalue weighted by Crippen LogP contribution is -2.31. The highest BCUT2D eigenvalue weighted by Crippen LogP contribution is 2.16. The normalized spacial score (nSPS) is 10.4. The molecule has 0 saturated heterocycles. The van der Waals surface area contributed by atoms with Gasteiger partial charge in [0.05, 0.1) is 18.4 Å². The molecule has 0 radical (unpaired) electrons. The first-order valence-electron chi connectivity index (χ1n) is 8.74. The summed E-state index contributed by atoms with van der Waals surface area (Å²) in [5, 5.41) is 7.43. The van der Waals surface area contributed by atoms with Crippen molar-refractivity contribution in [1.29, 1.82) is 0 Å². The van der Waals surface area contributed by atoms with Gasteiger partial charge in [0.15, 0.2) is 5.11 Å². The Hall–Kier alpha value is -2.93. The van der Waals surface area contributed by atoms with Crippen LogP contribution in [-0.4, -0.2) is 30.4 Å². The molecule has 0 aliphatic carbocycles. The molecule has 0 aliphatic heterocycles. The fourth-order valence-electron chi connectivity index (χ4n) is 2.06. The van der Waals surface area contributed by atoms with Crippen LogP contribution in [0.4, 0.5) is 0 Å². The number of esters is 1. The highest BCUT2D eigenvalue weighted by atomic mass is 32.1. The van der Waals surface area contributed by atoms with Crippen molar-refractivity contribution in [2.75, 3.05) is 13.2 Å². The Bertz CT molecular complexity index is 774. The summed E-state index contributed by atoms with van der Waals surface area (Å²) in [6.45, 7) is 5.37. The second-order valence-electron chi connectivity index (χ2n) is 5.56. The number of ether oxygens (including phenoxy) is 2. The SMILES string of the molecule is CCCOc1ccc(C(=O)Oc2ccc(/C=N/NC(=S)NCC)cc2)cc1. The number of hydrazone groups is 1. The van der Waals surface area contributed by atoms with Crippen LogP contribution in [0.15, 0.2) is 53.6 Å². The summed E-state index contributed by atoms with van der Waals surface area (Å²) < 4.78 is 10.9. The minimum atomic E-state index is -0.420. The van der Waals surface area contributed by atoms with Crippen molar-refractivity contribution in [3.05, 3.63) is 59.7 Å². The van der Waals surface area contributed by atoms with Crippen molar-refractivity contribution in [1.82, 2.24) is 10.7 Å². The van der Waals surface area contributed by atoms with Crippen LogP contribution in [0.5, 0.6) is 11.5 Å². The molecule has 0 heterocycles. The molecule has 142 valence electrons. The van der Waals surface area contributed by atoms with Gasteiger partial charge in [0.25, 0.3) is 0 Å². The maximum absolute atomic E-state index is 12.2.